The van der Waals surface area contributed by atoms with Crippen LogP contribution in [0, 0.1) is 23.2 Å². The van der Waals surface area contributed by atoms with Gasteiger partial charge in [-0.2, -0.15) is 22.0 Å². The molecule has 2 unspecified atom stereocenters. The van der Waals surface area contributed by atoms with Gasteiger partial charge < -0.3 is 23.7 Å². The van der Waals surface area contributed by atoms with E-state index in [1.54, 1.807) is 6.92 Å². The Morgan fingerprint density at radius 1 is 0.946 bits per heavy atom. The molecule has 0 aromatic carbocycles. The second-order valence-corrected chi connectivity index (χ2v) is 11.0. The largest absolute Gasteiger partial charge is 0.465 e. The fourth-order valence-electron chi connectivity index (χ4n) is 6.36. The molecule has 5 aliphatic rings. The quantitative estimate of drug-likeness (QED) is 0.259. The summed E-state index contributed by atoms with van der Waals surface area (Å²) < 4.78 is 92.5. The standard InChI is InChI=1S/C24H31F5O8/c1-3-4-33-19(32)21(11-34-17(30)10-23(27,28)29)12-35-24(36-13-21)15-5-14-6-16(24)9-22(7-14,8-15)37-18(31)20(2,25)26/h14-16H,3-13H2,1-2H3. The van der Waals surface area contributed by atoms with Crippen LogP contribution in [0.5, 0.6) is 0 Å². The Bertz CT molecular complexity index is 888. The van der Waals surface area contributed by atoms with Crippen LogP contribution in [0.1, 0.15) is 58.8 Å². The van der Waals surface area contributed by atoms with Crippen LogP contribution >= 0.6 is 0 Å². The molecule has 1 heterocycles. The Balaban J connectivity index is 1.48. The maximum Gasteiger partial charge on any atom is 0.399 e. The predicted octanol–water partition coefficient (Wildman–Crippen LogP) is 3.94. The summed E-state index contributed by atoms with van der Waals surface area (Å²) in [5, 5.41) is 0. The first-order valence-corrected chi connectivity index (χ1v) is 12.4. The van der Waals surface area contributed by atoms with E-state index in [1.807, 2.05) is 0 Å². The lowest BCUT2D eigenvalue weighted by molar-refractivity contribution is -0.392. The van der Waals surface area contributed by atoms with Gasteiger partial charge in [0.1, 0.15) is 24.0 Å². The molecule has 0 radical (unpaired) electrons. The molecule has 210 valence electrons. The van der Waals surface area contributed by atoms with Gasteiger partial charge in [0.15, 0.2) is 5.79 Å². The van der Waals surface area contributed by atoms with Crippen molar-refractivity contribution >= 4 is 17.9 Å². The topological polar surface area (TPSA) is 97.4 Å². The van der Waals surface area contributed by atoms with E-state index in [4.69, 9.17) is 23.7 Å². The minimum absolute atomic E-state index is 0.0467. The van der Waals surface area contributed by atoms with Gasteiger partial charge in [-0.1, -0.05) is 6.92 Å². The maximum atomic E-state index is 13.6. The van der Waals surface area contributed by atoms with Gasteiger partial charge in [-0.05, 0) is 44.4 Å². The molecule has 5 fully saturated rings. The highest BCUT2D eigenvalue weighted by Gasteiger charge is 2.68. The average molecular weight is 542 g/mol. The summed E-state index contributed by atoms with van der Waals surface area (Å²) in [6.07, 6.45) is -3.82. The van der Waals surface area contributed by atoms with E-state index in [2.05, 4.69) is 0 Å². The molecule has 8 nitrogen and oxygen atoms in total. The molecule has 4 saturated carbocycles. The minimum atomic E-state index is -4.77. The zero-order chi connectivity index (χ0) is 27.3. The third-order valence-corrected chi connectivity index (χ3v) is 7.81. The van der Waals surface area contributed by atoms with E-state index in [0.29, 0.717) is 32.6 Å². The molecule has 37 heavy (non-hydrogen) atoms. The highest BCUT2D eigenvalue weighted by molar-refractivity contribution is 5.79. The van der Waals surface area contributed by atoms with Gasteiger partial charge in [0.25, 0.3) is 0 Å². The van der Waals surface area contributed by atoms with Gasteiger partial charge in [-0.3, -0.25) is 9.59 Å². The van der Waals surface area contributed by atoms with Crippen molar-refractivity contribution < 1.29 is 60.0 Å². The van der Waals surface area contributed by atoms with E-state index in [-0.39, 0.29) is 50.4 Å². The Hall–Kier alpha value is -2.02. The molecule has 0 N–H and O–H groups in total. The summed E-state index contributed by atoms with van der Waals surface area (Å²) in [5.74, 6) is -9.23. The average Bonchev–Trinajstić information content (AvgIpc) is 2.78. The van der Waals surface area contributed by atoms with Crippen molar-refractivity contribution in [2.24, 2.45) is 23.2 Å². The molecule has 5 rings (SSSR count). The molecular weight excluding hydrogens is 511 g/mol. The fraction of sp³-hybridized carbons (Fsp3) is 0.875. The highest BCUT2D eigenvalue weighted by atomic mass is 19.4. The molecule has 2 atom stereocenters. The Kier molecular flexibility index (Phi) is 7.28. The number of carbonyl (C=O) groups excluding carboxylic acids is 3. The van der Waals surface area contributed by atoms with Crippen LogP contribution in [-0.4, -0.2) is 67.8 Å². The van der Waals surface area contributed by atoms with Crippen molar-refractivity contribution in [3.8, 4) is 0 Å². The van der Waals surface area contributed by atoms with Crippen LogP contribution in [0.15, 0.2) is 0 Å². The van der Waals surface area contributed by atoms with Crippen molar-refractivity contribution in [1.82, 2.24) is 0 Å². The van der Waals surface area contributed by atoms with E-state index in [0.717, 1.165) is 0 Å². The van der Waals surface area contributed by atoms with Gasteiger partial charge in [0.2, 0.25) is 0 Å². The van der Waals surface area contributed by atoms with E-state index in [9.17, 15) is 36.3 Å². The number of halogens is 5. The van der Waals surface area contributed by atoms with Gasteiger partial charge in [-0.15, -0.1) is 0 Å². The molecular formula is C24H31F5O8. The maximum absolute atomic E-state index is 13.6. The lowest BCUT2D eigenvalue weighted by Gasteiger charge is -2.64. The summed E-state index contributed by atoms with van der Waals surface area (Å²) in [7, 11) is 0. The van der Waals surface area contributed by atoms with Crippen LogP contribution in [-0.2, 0) is 38.1 Å². The van der Waals surface area contributed by atoms with Crippen LogP contribution in [0.2, 0.25) is 0 Å². The van der Waals surface area contributed by atoms with E-state index < -0.39 is 59.8 Å². The smallest absolute Gasteiger partial charge is 0.399 e. The minimum Gasteiger partial charge on any atom is -0.465 e. The summed E-state index contributed by atoms with van der Waals surface area (Å²) in [4.78, 5) is 36.6. The highest BCUT2D eigenvalue weighted by Crippen LogP contribution is 2.64. The van der Waals surface area contributed by atoms with Gasteiger partial charge >= 0.3 is 30.0 Å². The normalized spacial score (nSPS) is 36.9. The predicted molar refractivity (Wildman–Crippen MR) is 113 cm³/mol. The second kappa shape index (κ2) is 9.62. The first kappa shape index (κ1) is 28.0. The van der Waals surface area contributed by atoms with Gasteiger partial charge in [-0.25, -0.2) is 4.79 Å². The third kappa shape index (κ3) is 5.57. The molecule has 0 amide bonds. The number of rotatable bonds is 8. The molecule has 4 aliphatic carbocycles. The Morgan fingerprint density at radius 3 is 2.05 bits per heavy atom. The Morgan fingerprint density at radius 2 is 1.54 bits per heavy atom. The molecule has 4 bridgehead atoms. The molecule has 13 heteroatoms. The van der Waals surface area contributed by atoms with E-state index in [1.165, 1.54) is 0 Å². The van der Waals surface area contributed by atoms with Crippen LogP contribution in [0.3, 0.4) is 0 Å². The van der Waals surface area contributed by atoms with Crippen molar-refractivity contribution in [2.45, 2.75) is 82.3 Å². The van der Waals surface area contributed by atoms with Crippen molar-refractivity contribution in [3.63, 3.8) is 0 Å². The first-order chi connectivity index (χ1) is 17.1. The number of ether oxygens (including phenoxy) is 5. The lowest BCUT2D eigenvalue weighted by Crippen LogP contribution is -2.70. The van der Waals surface area contributed by atoms with Gasteiger partial charge in [0, 0.05) is 18.8 Å². The number of hydrogen-bond acceptors (Lipinski definition) is 8. The third-order valence-electron chi connectivity index (χ3n) is 7.81. The summed E-state index contributed by atoms with van der Waals surface area (Å²) in [5.41, 5.74) is -2.71. The second-order valence-electron chi connectivity index (χ2n) is 11.0. The number of alkyl halides is 5. The molecule has 0 aromatic heterocycles. The van der Waals surface area contributed by atoms with Crippen molar-refractivity contribution in [1.29, 1.82) is 0 Å². The van der Waals surface area contributed by atoms with Crippen molar-refractivity contribution in [3.05, 3.63) is 0 Å². The lowest BCUT2D eigenvalue weighted by atomic mass is 9.51. The van der Waals surface area contributed by atoms with E-state index >= 15 is 0 Å². The zero-order valence-corrected chi connectivity index (χ0v) is 20.7. The molecule has 1 spiro atoms. The number of carbonyl (C=O) groups is 3. The summed E-state index contributed by atoms with van der Waals surface area (Å²) in [6.45, 7) is 0.927. The first-order valence-electron chi connectivity index (χ1n) is 12.4. The molecule has 1 saturated heterocycles. The number of esters is 3. The molecule has 0 aromatic rings. The van der Waals surface area contributed by atoms with Gasteiger partial charge in [0.05, 0.1) is 19.8 Å². The zero-order valence-electron chi connectivity index (χ0n) is 20.7. The van der Waals surface area contributed by atoms with Crippen LogP contribution in [0.4, 0.5) is 22.0 Å². The SMILES string of the molecule is CCCOC(=O)C1(COC(=O)CC(F)(F)F)COC2(OC1)C1CC3CC2CC(OC(=O)C(C)(F)F)(C3)C1. The monoisotopic (exact) mass is 542 g/mol. The van der Waals surface area contributed by atoms with Crippen LogP contribution in [0.25, 0.3) is 0 Å². The fourth-order valence-corrected chi connectivity index (χ4v) is 6.36. The molecule has 1 aliphatic heterocycles. The number of hydrogen-bond donors (Lipinski definition) is 0. The Labute approximate surface area is 210 Å². The van der Waals surface area contributed by atoms with Crippen LogP contribution < -0.4 is 0 Å². The summed E-state index contributed by atoms with van der Waals surface area (Å²) >= 11 is 0. The summed E-state index contributed by atoms with van der Waals surface area (Å²) in [6, 6.07) is 0. The van der Waals surface area contributed by atoms with Crippen molar-refractivity contribution in [2.75, 3.05) is 26.4 Å².